The monoisotopic (exact) mass is 291 g/mol. The van der Waals surface area contributed by atoms with E-state index in [4.69, 9.17) is 13.0 Å². The number of phenols is 1. The zero-order chi connectivity index (χ0) is 19.5. The Hall–Kier alpha value is -1.52. The fraction of sp³-hybridized carbons (Fsp3) is 0.529. The van der Waals surface area contributed by atoms with Gasteiger partial charge in [-0.25, -0.2) is 0 Å². The fourth-order valence-corrected chi connectivity index (χ4v) is 4.48. The van der Waals surface area contributed by atoms with E-state index in [2.05, 4.69) is 0 Å². The molecule has 0 aromatic heterocycles. The number of likely N-dealkylation sites (tertiary alicyclic amines) is 1. The van der Waals surface area contributed by atoms with Crippen molar-refractivity contribution in [3.05, 3.63) is 35.4 Å². The fourth-order valence-electron chi connectivity index (χ4n) is 4.48. The maximum absolute atomic E-state index is 10.6. The summed E-state index contributed by atoms with van der Waals surface area (Å²) >= 11 is 0. The van der Waals surface area contributed by atoms with Crippen molar-refractivity contribution in [3.8, 4) is 11.5 Å². The number of likely N-dealkylation sites (N-methyl/N-ethyl adjacent to an activating group) is 1. The summed E-state index contributed by atoms with van der Waals surface area (Å²) in [6.45, 7) is -4.31. The molecule has 1 aromatic rings. The smallest absolute Gasteiger partial charge is 0.165 e. The molecule has 2 heterocycles. The summed E-state index contributed by atoms with van der Waals surface area (Å²) in [4.78, 5) is 0.982. The molecule has 6 atom stereocenters. The predicted molar refractivity (Wildman–Crippen MR) is 77.6 cm³/mol. The molecule has 0 amide bonds. The van der Waals surface area contributed by atoms with Crippen molar-refractivity contribution in [2.24, 2.45) is 5.92 Å². The SMILES string of the molecule is [2H][C@@H]1N(C([2H])([2H])[2H])[C@@H]2Cc3ccc(O)c4c3[C@@]3([C@H]2C=C[C@H](O)[C@@H]3O4)C1([2H])[2H]. The van der Waals surface area contributed by atoms with Crippen LogP contribution in [-0.4, -0.2) is 46.9 Å². The molecule has 2 bridgehead atoms. The van der Waals surface area contributed by atoms with Gasteiger partial charge in [-0.05, 0) is 37.9 Å². The lowest BCUT2D eigenvalue weighted by atomic mass is 9.53. The van der Waals surface area contributed by atoms with Crippen LogP contribution in [0.4, 0.5) is 0 Å². The van der Waals surface area contributed by atoms with Gasteiger partial charge in [0.25, 0.3) is 0 Å². The lowest BCUT2D eigenvalue weighted by Crippen LogP contribution is -2.64. The molecule has 5 rings (SSSR count). The van der Waals surface area contributed by atoms with Crippen LogP contribution < -0.4 is 4.74 Å². The first-order valence-electron chi connectivity index (χ1n) is 10.2. The standard InChI is InChI=1S/C17H19NO3/c1-18-7-6-17-10-3-5-13(20)16(17)21-15-12(19)4-2-9(14(15)17)8-11(10)18/h2-5,10-11,13,16,19-20H,6-8H2,1H3/t10-,11+,13-,16-,17-/m0/s1/i1D3,6D2,7D/t7-,10-,11+,13-,16-,17-. The Bertz CT molecular complexity index is 871. The molecule has 2 N–H and O–H groups in total. The zero-order valence-electron chi connectivity index (χ0n) is 17.2. The second-order valence-electron chi connectivity index (χ2n) is 6.21. The summed E-state index contributed by atoms with van der Waals surface area (Å²) in [5.74, 6) is -0.599. The number of aliphatic hydroxyl groups excluding tert-OH is 1. The molecule has 4 nitrogen and oxygen atoms in total. The van der Waals surface area contributed by atoms with Gasteiger partial charge >= 0.3 is 0 Å². The Morgan fingerprint density at radius 2 is 2.38 bits per heavy atom. The number of piperidine rings is 1. The summed E-state index contributed by atoms with van der Waals surface area (Å²) in [6.07, 6.45) is -1.02. The topological polar surface area (TPSA) is 52.9 Å². The molecule has 2 aliphatic carbocycles. The van der Waals surface area contributed by atoms with Crippen LogP contribution in [0.3, 0.4) is 0 Å². The Morgan fingerprint density at radius 3 is 3.24 bits per heavy atom. The number of aliphatic hydroxyl groups is 1. The van der Waals surface area contributed by atoms with Gasteiger partial charge in [0.1, 0.15) is 12.2 Å². The number of rotatable bonds is 0. The number of aromatic hydroxyl groups is 1. The molecule has 1 spiro atoms. The second kappa shape index (κ2) is 3.62. The van der Waals surface area contributed by atoms with Crippen molar-refractivity contribution in [3.63, 3.8) is 0 Å². The summed E-state index contributed by atoms with van der Waals surface area (Å²) < 4.78 is 55.9. The molecule has 4 aliphatic rings. The Balaban J connectivity index is 1.88. The van der Waals surface area contributed by atoms with E-state index >= 15 is 0 Å². The molecule has 1 saturated heterocycles. The Morgan fingerprint density at radius 1 is 1.48 bits per heavy atom. The van der Waals surface area contributed by atoms with E-state index < -0.39 is 49.5 Å². The third-order valence-corrected chi connectivity index (χ3v) is 5.33. The average molecular weight is 291 g/mol. The van der Waals surface area contributed by atoms with Gasteiger partial charge in [0, 0.05) is 31.2 Å². The van der Waals surface area contributed by atoms with Gasteiger partial charge in [-0.1, -0.05) is 18.2 Å². The van der Waals surface area contributed by atoms with Crippen LogP contribution in [0.25, 0.3) is 0 Å². The van der Waals surface area contributed by atoms with Crippen LogP contribution in [-0.2, 0) is 11.8 Å². The normalized spacial score (nSPS) is 53.3. The van der Waals surface area contributed by atoms with Gasteiger partial charge in [-0.2, -0.15) is 0 Å². The molecular formula is C17H19NO3. The van der Waals surface area contributed by atoms with Gasteiger partial charge < -0.3 is 19.8 Å². The van der Waals surface area contributed by atoms with Gasteiger partial charge in [0.2, 0.25) is 0 Å². The van der Waals surface area contributed by atoms with Gasteiger partial charge in [0.15, 0.2) is 11.5 Å². The Labute approximate surface area is 132 Å². The molecule has 0 radical (unpaired) electrons. The van der Waals surface area contributed by atoms with Crippen LogP contribution in [0, 0.1) is 5.92 Å². The molecule has 2 aliphatic heterocycles. The zero-order valence-corrected chi connectivity index (χ0v) is 11.2. The van der Waals surface area contributed by atoms with Crippen molar-refractivity contribution in [1.29, 1.82) is 0 Å². The highest BCUT2D eigenvalue weighted by Crippen LogP contribution is 2.62. The first-order valence-corrected chi connectivity index (χ1v) is 7.12. The number of benzene rings is 1. The molecule has 0 saturated carbocycles. The largest absolute Gasteiger partial charge is 0.504 e. The number of hydrogen-bond acceptors (Lipinski definition) is 4. The third-order valence-electron chi connectivity index (χ3n) is 5.33. The lowest BCUT2D eigenvalue weighted by molar-refractivity contribution is -0.0453. The van der Waals surface area contributed by atoms with Gasteiger partial charge in [0.05, 0.1) is 0 Å². The lowest BCUT2D eigenvalue weighted by Gasteiger charge is -2.56. The quantitative estimate of drug-likeness (QED) is 0.705. The third kappa shape index (κ3) is 1.21. The van der Waals surface area contributed by atoms with E-state index in [-0.39, 0.29) is 11.5 Å². The molecule has 21 heavy (non-hydrogen) atoms. The van der Waals surface area contributed by atoms with E-state index in [9.17, 15) is 10.2 Å². The minimum Gasteiger partial charge on any atom is -0.504 e. The van der Waals surface area contributed by atoms with Crippen molar-refractivity contribution in [1.82, 2.24) is 4.90 Å². The van der Waals surface area contributed by atoms with Crippen LogP contribution >= 0.6 is 0 Å². The number of nitrogens with zero attached hydrogens (tertiary/aromatic N) is 1. The van der Waals surface area contributed by atoms with Crippen LogP contribution in [0.2, 0.25) is 0 Å². The van der Waals surface area contributed by atoms with E-state index in [1.54, 1.807) is 12.1 Å². The predicted octanol–water partition coefficient (Wildman–Crippen LogP) is 1.20. The average Bonchev–Trinajstić information content (AvgIpc) is 2.94. The highest BCUT2D eigenvalue weighted by molar-refractivity contribution is 5.61. The maximum Gasteiger partial charge on any atom is 0.165 e. The molecule has 4 heteroatoms. The number of hydrogen-bond donors (Lipinski definition) is 2. The van der Waals surface area contributed by atoms with Crippen LogP contribution in [0.15, 0.2) is 24.3 Å². The minimum absolute atomic E-state index is 0.141. The first kappa shape index (κ1) is 7.65. The van der Waals surface area contributed by atoms with Crippen LogP contribution in [0.1, 0.15) is 25.7 Å². The number of phenolic OH excluding ortho intramolecular Hbond substituents is 1. The van der Waals surface area contributed by atoms with E-state index in [0.717, 1.165) is 4.90 Å². The molecule has 110 valence electrons. The number of ether oxygens (including phenoxy) is 1. The molecule has 1 aromatic carbocycles. The summed E-state index contributed by atoms with van der Waals surface area (Å²) in [7, 11) is 0. The Kier molecular flexibility index (Phi) is 1.32. The maximum atomic E-state index is 10.6. The van der Waals surface area contributed by atoms with E-state index in [1.165, 1.54) is 12.1 Å². The summed E-state index contributed by atoms with van der Waals surface area (Å²) in [6, 6.07) is 2.47. The highest BCUT2D eigenvalue weighted by atomic mass is 16.5. The van der Waals surface area contributed by atoms with Crippen molar-refractivity contribution in [2.45, 2.75) is 36.5 Å². The van der Waals surface area contributed by atoms with Crippen molar-refractivity contribution < 1.29 is 23.2 Å². The van der Waals surface area contributed by atoms with E-state index in [0.29, 0.717) is 17.5 Å². The second-order valence-corrected chi connectivity index (χ2v) is 6.21. The van der Waals surface area contributed by atoms with Gasteiger partial charge in [-0.3, -0.25) is 0 Å². The van der Waals surface area contributed by atoms with Crippen molar-refractivity contribution >= 4 is 0 Å². The summed E-state index contributed by atoms with van der Waals surface area (Å²) in [5.41, 5.74) is -0.259. The minimum atomic E-state index is -2.64. The molecule has 0 unspecified atom stereocenters. The van der Waals surface area contributed by atoms with Crippen LogP contribution in [0.5, 0.6) is 11.5 Å². The van der Waals surface area contributed by atoms with E-state index in [1.807, 2.05) is 0 Å². The van der Waals surface area contributed by atoms with Gasteiger partial charge in [-0.15, -0.1) is 0 Å². The summed E-state index contributed by atoms with van der Waals surface area (Å²) in [5, 5.41) is 20.9. The highest BCUT2D eigenvalue weighted by Gasteiger charge is 2.64. The molecule has 1 fully saturated rings. The first-order chi connectivity index (χ1) is 12.5. The van der Waals surface area contributed by atoms with Crippen molar-refractivity contribution in [2.75, 3.05) is 13.5 Å². The molecular weight excluding hydrogens is 266 g/mol.